The highest BCUT2D eigenvalue weighted by atomic mass is 79.9. The van der Waals surface area contributed by atoms with Crippen LogP contribution >= 0.6 is 31.9 Å². The summed E-state index contributed by atoms with van der Waals surface area (Å²) in [7, 11) is 0. The molecule has 0 amide bonds. The lowest BCUT2D eigenvalue weighted by Crippen LogP contribution is -2.19. The molecular formula is C9H10Br2O2. The van der Waals surface area contributed by atoms with Crippen LogP contribution in [-0.2, 0) is 0 Å². The maximum atomic E-state index is 11.7. The predicted molar refractivity (Wildman–Crippen MR) is 57.9 cm³/mol. The molecule has 0 spiro atoms. The van der Waals surface area contributed by atoms with Crippen LogP contribution in [0, 0.1) is 5.41 Å². The number of hydrogen-bond acceptors (Lipinski definition) is 2. The summed E-state index contributed by atoms with van der Waals surface area (Å²) in [5, 5.41) is 0. The molecule has 0 aliphatic heterocycles. The van der Waals surface area contributed by atoms with Crippen molar-refractivity contribution in [3.8, 4) is 0 Å². The second-order valence-corrected chi connectivity index (χ2v) is 5.39. The second kappa shape index (κ2) is 3.58. The van der Waals surface area contributed by atoms with E-state index in [0.29, 0.717) is 10.4 Å². The van der Waals surface area contributed by atoms with E-state index in [2.05, 4.69) is 31.9 Å². The number of carbonyl (C=O) groups is 1. The third kappa shape index (κ3) is 2.44. The number of Topliss-reactive ketones (excluding diaryl/α,β-unsaturated/α-hetero) is 1. The summed E-state index contributed by atoms with van der Waals surface area (Å²) in [6.07, 6.45) is 0. The van der Waals surface area contributed by atoms with Crippen molar-refractivity contribution in [3.63, 3.8) is 0 Å². The van der Waals surface area contributed by atoms with Gasteiger partial charge in [-0.2, -0.15) is 0 Å². The van der Waals surface area contributed by atoms with E-state index < -0.39 is 5.41 Å². The zero-order valence-corrected chi connectivity index (χ0v) is 10.8. The van der Waals surface area contributed by atoms with E-state index in [1.54, 1.807) is 6.07 Å². The molecule has 4 heteroatoms. The summed E-state index contributed by atoms with van der Waals surface area (Å²) >= 11 is 6.44. The predicted octanol–water partition coefficient (Wildman–Crippen LogP) is 4.03. The normalized spacial score (nSPS) is 11.8. The van der Waals surface area contributed by atoms with Gasteiger partial charge in [0.2, 0.25) is 5.78 Å². The van der Waals surface area contributed by atoms with Crippen molar-refractivity contribution in [2.45, 2.75) is 20.8 Å². The van der Waals surface area contributed by atoms with Crippen LogP contribution in [0.1, 0.15) is 31.3 Å². The van der Waals surface area contributed by atoms with Gasteiger partial charge in [-0.1, -0.05) is 20.8 Å². The molecule has 0 bridgehead atoms. The van der Waals surface area contributed by atoms with Gasteiger partial charge >= 0.3 is 0 Å². The molecule has 72 valence electrons. The fraction of sp³-hybridized carbons (Fsp3) is 0.444. The molecule has 0 fully saturated rings. The van der Waals surface area contributed by atoms with Crippen molar-refractivity contribution in [1.82, 2.24) is 0 Å². The first-order chi connectivity index (χ1) is 5.82. The maximum absolute atomic E-state index is 11.7. The highest BCUT2D eigenvalue weighted by Gasteiger charge is 2.26. The van der Waals surface area contributed by atoms with Gasteiger partial charge in [-0.05, 0) is 31.9 Å². The molecule has 0 radical (unpaired) electrons. The van der Waals surface area contributed by atoms with E-state index >= 15 is 0 Å². The van der Waals surface area contributed by atoms with Gasteiger partial charge in [0.15, 0.2) is 10.4 Å². The van der Waals surface area contributed by atoms with Crippen LogP contribution in [0.5, 0.6) is 0 Å². The van der Waals surface area contributed by atoms with E-state index in [4.69, 9.17) is 4.42 Å². The molecule has 1 aromatic rings. The molecule has 0 atom stereocenters. The van der Waals surface area contributed by atoms with Gasteiger partial charge in [0.05, 0.1) is 4.47 Å². The summed E-state index contributed by atoms with van der Waals surface area (Å²) in [5.41, 5.74) is -0.406. The Balaban J connectivity index is 3.03. The van der Waals surface area contributed by atoms with Crippen LogP contribution in [-0.4, -0.2) is 5.78 Å². The summed E-state index contributed by atoms with van der Waals surface area (Å²) in [6, 6.07) is 1.68. The first-order valence-electron chi connectivity index (χ1n) is 3.82. The average Bonchev–Trinajstić information content (AvgIpc) is 2.29. The topological polar surface area (TPSA) is 30.2 Å². The zero-order chi connectivity index (χ0) is 10.2. The minimum Gasteiger partial charge on any atom is -0.445 e. The van der Waals surface area contributed by atoms with Crippen molar-refractivity contribution < 1.29 is 9.21 Å². The van der Waals surface area contributed by atoms with Crippen molar-refractivity contribution >= 4 is 37.6 Å². The monoisotopic (exact) mass is 308 g/mol. The molecule has 0 aromatic carbocycles. The van der Waals surface area contributed by atoms with Crippen LogP contribution in [0.3, 0.4) is 0 Å². The summed E-state index contributed by atoms with van der Waals surface area (Å²) in [4.78, 5) is 11.7. The minimum absolute atomic E-state index is 0.00102. The smallest absolute Gasteiger partial charge is 0.203 e. The molecule has 0 aliphatic carbocycles. The van der Waals surface area contributed by atoms with E-state index in [-0.39, 0.29) is 5.78 Å². The Hall–Kier alpha value is -0.0900. The Morgan fingerprint density at radius 3 is 2.23 bits per heavy atom. The highest BCUT2D eigenvalue weighted by molar-refractivity contribution is 9.13. The van der Waals surface area contributed by atoms with Gasteiger partial charge < -0.3 is 4.42 Å². The van der Waals surface area contributed by atoms with Crippen LogP contribution in [0.4, 0.5) is 0 Å². The van der Waals surface area contributed by atoms with Crippen LogP contribution < -0.4 is 0 Å². The molecule has 1 rings (SSSR count). The van der Waals surface area contributed by atoms with Gasteiger partial charge in [-0.3, -0.25) is 4.79 Å². The highest BCUT2D eigenvalue weighted by Crippen LogP contribution is 2.30. The SMILES string of the molecule is CC(C)(C)C(=O)c1cc(Br)c(Br)o1. The summed E-state index contributed by atoms with van der Waals surface area (Å²) in [5.74, 6) is 0.380. The van der Waals surface area contributed by atoms with Crippen molar-refractivity contribution in [3.05, 3.63) is 21.0 Å². The molecular weight excluding hydrogens is 300 g/mol. The summed E-state index contributed by atoms with van der Waals surface area (Å²) in [6.45, 7) is 5.58. The van der Waals surface area contributed by atoms with Gasteiger partial charge in [0.1, 0.15) is 0 Å². The number of hydrogen-bond donors (Lipinski definition) is 0. The first kappa shape index (κ1) is 11.0. The Bertz CT molecular complexity index is 314. The van der Waals surface area contributed by atoms with Gasteiger partial charge in [-0.15, -0.1) is 0 Å². The zero-order valence-electron chi connectivity index (χ0n) is 7.65. The van der Waals surface area contributed by atoms with Crippen LogP contribution in [0.25, 0.3) is 0 Å². The Kier molecular flexibility index (Phi) is 3.02. The number of carbonyl (C=O) groups excluding carboxylic acids is 1. The third-order valence-corrected chi connectivity index (χ3v) is 3.26. The van der Waals surface area contributed by atoms with Gasteiger partial charge in [0.25, 0.3) is 0 Å². The molecule has 0 saturated heterocycles. The van der Waals surface area contributed by atoms with E-state index in [1.165, 1.54) is 0 Å². The third-order valence-electron chi connectivity index (χ3n) is 1.55. The summed E-state index contributed by atoms with van der Waals surface area (Å²) < 4.78 is 6.54. The molecule has 1 heterocycles. The van der Waals surface area contributed by atoms with E-state index in [1.807, 2.05) is 20.8 Å². The Labute approximate surface area is 93.9 Å². The van der Waals surface area contributed by atoms with Crippen molar-refractivity contribution in [1.29, 1.82) is 0 Å². The fourth-order valence-electron chi connectivity index (χ4n) is 0.828. The van der Waals surface area contributed by atoms with E-state index in [0.717, 1.165) is 4.47 Å². The molecule has 2 nitrogen and oxygen atoms in total. The molecule has 13 heavy (non-hydrogen) atoms. The standard InChI is InChI=1S/C9H10Br2O2/c1-9(2,3)7(12)6-4-5(10)8(11)13-6/h4H,1-3H3. The Morgan fingerprint density at radius 1 is 1.38 bits per heavy atom. The largest absolute Gasteiger partial charge is 0.445 e. The maximum Gasteiger partial charge on any atom is 0.203 e. The first-order valence-corrected chi connectivity index (χ1v) is 5.40. The fourth-order valence-corrected chi connectivity index (χ4v) is 1.41. The van der Waals surface area contributed by atoms with Crippen LogP contribution in [0.2, 0.25) is 0 Å². The van der Waals surface area contributed by atoms with Gasteiger partial charge in [0, 0.05) is 11.5 Å². The number of ketones is 1. The van der Waals surface area contributed by atoms with E-state index in [9.17, 15) is 4.79 Å². The lowest BCUT2D eigenvalue weighted by atomic mass is 9.89. The molecule has 1 aromatic heterocycles. The molecule has 0 unspecified atom stereocenters. The van der Waals surface area contributed by atoms with Crippen molar-refractivity contribution in [2.24, 2.45) is 5.41 Å². The van der Waals surface area contributed by atoms with Crippen LogP contribution in [0.15, 0.2) is 19.6 Å². The number of furan rings is 1. The number of halogens is 2. The van der Waals surface area contributed by atoms with Crippen molar-refractivity contribution in [2.75, 3.05) is 0 Å². The number of rotatable bonds is 1. The minimum atomic E-state index is -0.406. The average molecular weight is 310 g/mol. The Morgan fingerprint density at radius 2 is 1.92 bits per heavy atom. The second-order valence-electron chi connectivity index (χ2n) is 3.81. The molecule has 0 saturated carbocycles. The molecule has 0 aliphatic rings. The molecule has 0 N–H and O–H groups in total. The quantitative estimate of drug-likeness (QED) is 0.733. The van der Waals surface area contributed by atoms with Gasteiger partial charge in [-0.25, -0.2) is 0 Å². The lowest BCUT2D eigenvalue weighted by molar-refractivity contribution is 0.0827. The lowest BCUT2D eigenvalue weighted by Gasteiger charge is -2.13.